The standard InChI is InChI=1S/C18H31N5O9/c1-8(19)14(25)23-12(18(31)32)6-7-13(24)22-11(5-3-4-10(20)17(29)30)15(26)21-9(2)16(27)28/h8-12H,3-7,19-20H2,1-2H3,(H,21,26)(H,22,24)(H,23,25)(H,27,28)(H,29,30)(H,31,32)/t8-,9+,10+,11-,12+/m0/s1. The highest BCUT2D eigenvalue weighted by molar-refractivity contribution is 5.91. The number of carboxylic acid groups (broad SMARTS) is 3. The molecule has 0 aliphatic rings. The number of carboxylic acids is 3. The van der Waals surface area contributed by atoms with E-state index in [1.165, 1.54) is 13.8 Å². The van der Waals surface area contributed by atoms with E-state index in [2.05, 4.69) is 16.0 Å². The minimum atomic E-state index is -1.38. The molecule has 0 aromatic rings. The third-order valence-electron chi connectivity index (χ3n) is 4.39. The first kappa shape index (κ1) is 28.7. The predicted molar refractivity (Wildman–Crippen MR) is 109 cm³/mol. The molecule has 0 bridgehead atoms. The van der Waals surface area contributed by atoms with Crippen molar-refractivity contribution in [2.24, 2.45) is 11.5 Å². The lowest BCUT2D eigenvalue weighted by Crippen LogP contribution is -2.51. The van der Waals surface area contributed by atoms with E-state index in [4.69, 9.17) is 21.7 Å². The molecule has 182 valence electrons. The zero-order valence-electron chi connectivity index (χ0n) is 17.9. The largest absolute Gasteiger partial charge is 0.480 e. The number of rotatable bonds is 15. The van der Waals surface area contributed by atoms with E-state index in [0.717, 1.165) is 0 Å². The van der Waals surface area contributed by atoms with Crippen LogP contribution in [0.5, 0.6) is 0 Å². The lowest BCUT2D eigenvalue weighted by molar-refractivity contribution is -0.142. The van der Waals surface area contributed by atoms with Gasteiger partial charge in [0.1, 0.15) is 24.2 Å². The molecule has 0 aromatic heterocycles. The van der Waals surface area contributed by atoms with Gasteiger partial charge in [0.15, 0.2) is 0 Å². The number of nitrogens with one attached hydrogen (secondary N) is 3. The van der Waals surface area contributed by atoms with Gasteiger partial charge in [0.2, 0.25) is 17.7 Å². The van der Waals surface area contributed by atoms with Gasteiger partial charge in [-0.15, -0.1) is 0 Å². The van der Waals surface area contributed by atoms with Crippen molar-refractivity contribution in [3.63, 3.8) is 0 Å². The summed E-state index contributed by atoms with van der Waals surface area (Å²) in [5.74, 6) is -6.16. The second-order valence-corrected chi connectivity index (χ2v) is 7.29. The maximum Gasteiger partial charge on any atom is 0.326 e. The normalized spacial score (nSPS) is 15.4. The summed E-state index contributed by atoms with van der Waals surface area (Å²) in [6, 6.07) is -5.95. The van der Waals surface area contributed by atoms with Crippen LogP contribution in [0.3, 0.4) is 0 Å². The first-order valence-electron chi connectivity index (χ1n) is 9.85. The Bertz CT molecular complexity index is 713. The number of hydrogen-bond acceptors (Lipinski definition) is 8. The first-order chi connectivity index (χ1) is 14.8. The van der Waals surface area contributed by atoms with Crippen molar-refractivity contribution in [3.05, 3.63) is 0 Å². The van der Waals surface area contributed by atoms with Gasteiger partial charge in [-0.25, -0.2) is 4.79 Å². The van der Waals surface area contributed by atoms with Gasteiger partial charge in [0, 0.05) is 6.42 Å². The number of hydrogen-bond donors (Lipinski definition) is 8. The molecule has 0 rings (SSSR count). The van der Waals surface area contributed by atoms with Gasteiger partial charge in [-0.2, -0.15) is 0 Å². The monoisotopic (exact) mass is 461 g/mol. The molecule has 32 heavy (non-hydrogen) atoms. The van der Waals surface area contributed by atoms with Crippen LogP contribution < -0.4 is 27.4 Å². The molecule has 0 aliphatic carbocycles. The van der Waals surface area contributed by atoms with Crippen LogP contribution in [-0.4, -0.2) is 81.2 Å². The number of carbonyl (C=O) groups excluding carboxylic acids is 3. The summed E-state index contributed by atoms with van der Waals surface area (Å²) in [6.07, 6.45) is -0.551. The third kappa shape index (κ3) is 11.2. The Morgan fingerprint density at radius 1 is 0.719 bits per heavy atom. The van der Waals surface area contributed by atoms with Crippen LogP contribution in [0, 0.1) is 0 Å². The molecule has 0 aliphatic heterocycles. The average molecular weight is 461 g/mol. The molecule has 0 saturated carbocycles. The van der Waals surface area contributed by atoms with Crippen molar-refractivity contribution in [3.8, 4) is 0 Å². The van der Waals surface area contributed by atoms with E-state index in [0.29, 0.717) is 0 Å². The summed E-state index contributed by atoms with van der Waals surface area (Å²) in [5, 5.41) is 33.7. The van der Waals surface area contributed by atoms with Gasteiger partial charge in [-0.1, -0.05) is 0 Å². The summed E-state index contributed by atoms with van der Waals surface area (Å²) < 4.78 is 0. The average Bonchev–Trinajstić information content (AvgIpc) is 2.69. The number of nitrogens with two attached hydrogens (primary N) is 2. The van der Waals surface area contributed by atoms with E-state index < -0.39 is 65.8 Å². The molecule has 0 fully saturated rings. The molecule has 3 amide bonds. The van der Waals surface area contributed by atoms with Crippen molar-refractivity contribution < 1.29 is 44.1 Å². The Morgan fingerprint density at radius 3 is 1.78 bits per heavy atom. The number of aliphatic carboxylic acids is 3. The number of amides is 3. The topological polar surface area (TPSA) is 251 Å². The van der Waals surface area contributed by atoms with Crippen LogP contribution in [0.25, 0.3) is 0 Å². The highest BCUT2D eigenvalue weighted by Crippen LogP contribution is 2.07. The maximum atomic E-state index is 12.4. The van der Waals surface area contributed by atoms with E-state index in [1.54, 1.807) is 0 Å². The lowest BCUT2D eigenvalue weighted by atomic mass is 10.0. The molecule has 0 radical (unpaired) electrons. The van der Waals surface area contributed by atoms with Crippen molar-refractivity contribution in [2.45, 2.75) is 76.2 Å². The van der Waals surface area contributed by atoms with Gasteiger partial charge >= 0.3 is 17.9 Å². The SMILES string of the molecule is C[C@H](N)C(=O)N[C@H](CCC(=O)N[C@@H](CCC[C@@H](N)C(=O)O)C(=O)N[C@H](C)C(=O)O)C(=O)O. The Hall–Kier alpha value is -3.26. The highest BCUT2D eigenvalue weighted by Gasteiger charge is 2.26. The smallest absolute Gasteiger partial charge is 0.326 e. The quantitative estimate of drug-likeness (QED) is 0.125. The number of carbonyl (C=O) groups is 6. The lowest BCUT2D eigenvalue weighted by Gasteiger charge is -2.21. The molecule has 0 spiro atoms. The maximum absolute atomic E-state index is 12.4. The fourth-order valence-corrected chi connectivity index (χ4v) is 2.41. The van der Waals surface area contributed by atoms with E-state index in [1.807, 2.05) is 0 Å². The first-order valence-corrected chi connectivity index (χ1v) is 9.85. The predicted octanol–water partition coefficient (Wildman–Crippen LogP) is -2.66. The molecule has 0 aromatic carbocycles. The zero-order chi connectivity index (χ0) is 25.0. The summed E-state index contributed by atoms with van der Waals surface area (Å²) in [6.45, 7) is 2.58. The summed E-state index contributed by atoms with van der Waals surface area (Å²) >= 11 is 0. The van der Waals surface area contributed by atoms with Crippen LogP contribution in [-0.2, 0) is 28.8 Å². The van der Waals surface area contributed by atoms with Crippen LogP contribution >= 0.6 is 0 Å². The summed E-state index contributed by atoms with van der Waals surface area (Å²) in [5.41, 5.74) is 10.8. The van der Waals surface area contributed by atoms with E-state index >= 15 is 0 Å². The van der Waals surface area contributed by atoms with E-state index in [9.17, 15) is 33.9 Å². The fraction of sp³-hybridized carbons (Fsp3) is 0.667. The fourth-order valence-electron chi connectivity index (χ4n) is 2.41. The molecule has 0 saturated heterocycles. The van der Waals surface area contributed by atoms with Crippen molar-refractivity contribution >= 4 is 35.6 Å². The van der Waals surface area contributed by atoms with Crippen LogP contribution in [0.15, 0.2) is 0 Å². The van der Waals surface area contributed by atoms with Gasteiger partial charge in [-0.3, -0.25) is 24.0 Å². The molecule has 14 heteroatoms. The minimum absolute atomic E-state index is 0.00780. The zero-order valence-corrected chi connectivity index (χ0v) is 17.9. The highest BCUT2D eigenvalue weighted by atomic mass is 16.4. The molecule has 0 heterocycles. The molecule has 10 N–H and O–H groups in total. The molecular formula is C18H31N5O9. The molecular weight excluding hydrogens is 430 g/mol. The van der Waals surface area contributed by atoms with Crippen molar-refractivity contribution in [1.29, 1.82) is 0 Å². The summed E-state index contributed by atoms with van der Waals surface area (Å²) in [7, 11) is 0. The van der Waals surface area contributed by atoms with Crippen LogP contribution in [0.1, 0.15) is 46.0 Å². The van der Waals surface area contributed by atoms with Crippen LogP contribution in [0.4, 0.5) is 0 Å². The Labute approximate surface area is 184 Å². The second kappa shape index (κ2) is 13.9. The van der Waals surface area contributed by atoms with Crippen LogP contribution in [0.2, 0.25) is 0 Å². The Kier molecular flexibility index (Phi) is 12.5. The van der Waals surface area contributed by atoms with Crippen molar-refractivity contribution in [1.82, 2.24) is 16.0 Å². The van der Waals surface area contributed by atoms with Gasteiger partial charge < -0.3 is 42.7 Å². The molecule has 0 unspecified atom stereocenters. The second-order valence-electron chi connectivity index (χ2n) is 7.29. The van der Waals surface area contributed by atoms with Gasteiger partial charge in [0.25, 0.3) is 0 Å². The van der Waals surface area contributed by atoms with Gasteiger partial charge in [-0.05, 0) is 39.5 Å². The minimum Gasteiger partial charge on any atom is -0.480 e. The van der Waals surface area contributed by atoms with Gasteiger partial charge in [0.05, 0.1) is 6.04 Å². The Balaban J connectivity index is 5.05. The van der Waals surface area contributed by atoms with Crippen molar-refractivity contribution in [2.75, 3.05) is 0 Å². The Morgan fingerprint density at radius 2 is 1.31 bits per heavy atom. The van der Waals surface area contributed by atoms with E-state index in [-0.39, 0.29) is 32.1 Å². The third-order valence-corrected chi connectivity index (χ3v) is 4.39. The molecule has 14 nitrogen and oxygen atoms in total. The molecule has 5 atom stereocenters. The summed E-state index contributed by atoms with van der Waals surface area (Å²) in [4.78, 5) is 69.3.